The largest absolute Gasteiger partial charge is 0.333 e. The Labute approximate surface area is 206 Å². The van der Waals surface area contributed by atoms with Crippen LogP contribution in [0.15, 0.2) is 71.7 Å². The molecule has 0 spiro atoms. The number of amides is 1. The fourth-order valence-electron chi connectivity index (χ4n) is 3.44. The molecule has 0 fully saturated rings. The van der Waals surface area contributed by atoms with Crippen molar-refractivity contribution in [2.75, 3.05) is 17.3 Å². The van der Waals surface area contributed by atoms with E-state index in [0.29, 0.717) is 32.7 Å². The summed E-state index contributed by atoms with van der Waals surface area (Å²) >= 11 is 17.8. The van der Waals surface area contributed by atoms with Crippen LogP contribution in [0, 0.1) is 11.3 Å². The van der Waals surface area contributed by atoms with Crippen LogP contribution in [0.2, 0.25) is 10.0 Å². The summed E-state index contributed by atoms with van der Waals surface area (Å²) in [5.41, 5.74) is 3.82. The molecular formula is C24H17Cl2N5OS. The Morgan fingerprint density at radius 1 is 1.12 bits per heavy atom. The second-order valence-electron chi connectivity index (χ2n) is 7.21. The molecule has 0 bridgehead atoms. The fraction of sp³-hybridized carbons (Fsp3) is 0.0833. The minimum absolute atomic E-state index is 0.183. The third kappa shape index (κ3) is 4.83. The van der Waals surface area contributed by atoms with Gasteiger partial charge >= 0.3 is 0 Å². The molecule has 1 aliphatic heterocycles. The standard InChI is InChI=1S/C24H17Cl2N5OS/c1-31-20-10-8-16(25)11-18(20)21(14-5-3-2-4-6-14)29-22(23(31)32)30-24(33)28-17-9-7-15(13-27)19(26)12-17/h2-12,22H,1H3,(H2,28,30,33). The predicted octanol–water partition coefficient (Wildman–Crippen LogP) is 4.99. The van der Waals surface area contributed by atoms with Crippen molar-refractivity contribution >= 4 is 63.5 Å². The first kappa shape index (κ1) is 22.7. The lowest BCUT2D eigenvalue weighted by molar-refractivity contribution is -0.119. The quantitative estimate of drug-likeness (QED) is 0.502. The first-order chi connectivity index (χ1) is 15.9. The summed E-state index contributed by atoms with van der Waals surface area (Å²) in [4.78, 5) is 19.6. The Hall–Kier alpha value is -3.44. The molecule has 3 aromatic rings. The van der Waals surface area contributed by atoms with Crippen molar-refractivity contribution in [3.63, 3.8) is 0 Å². The highest BCUT2D eigenvalue weighted by atomic mass is 35.5. The number of fused-ring (bicyclic) bond motifs is 1. The average molecular weight is 494 g/mol. The monoisotopic (exact) mass is 493 g/mol. The molecule has 2 N–H and O–H groups in total. The van der Waals surface area contributed by atoms with E-state index in [1.807, 2.05) is 36.4 Å². The van der Waals surface area contributed by atoms with Crippen LogP contribution < -0.4 is 15.5 Å². The Kier molecular flexibility index (Phi) is 6.61. The van der Waals surface area contributed by atoms with Crippen molar-refractivity contribution in [2.24, 2.45) is 4.99 Å². The number of aliphatic imine (C=N–C) groups is 1. The van der Waals surface area contributed by atoms with Gasteiger partial charge in [-0.2, -0.15) is 5.26 Å². The lowest BCUT2D eigenvalue weighted by Crippen LogP contribution is -2.47. The molecule has 3 aromatic carbocycles. The number of likely N-dealkylation sites (N-methyl/N-ethyl adjacent to an activating group) is 1. The highest BCUT2D eigenvalue weighted by molar-refractivity contribution is 7.80. The van der Waals surface area contributed by atoms with Crippen molar-refractivity contribution in [2.45, 2.75) is 6.17 Å². The second-order valence-corrected chi connectivity index (χ2v) is 8.46. The number of carbonyl (C=O) groups is 1. The minimum atomic E-state index is -0.981. The van der Waals surface area contributed by atoms with Crippen molar-refractivity contribution < 1.29 is 4.79 Å². The van der Waals surface area contributed by atoms with E-state index in [1.54, 1.807) is 43.4 Å². The number of anilines is 2. The first-order valence-electron chi connectivity index (χ1n) is 9.85. The third-order valence-electron chi connectivity index (χ3n) is 5.06. The molecule has 33 heavy (non-hydrogen) atoms. The Morgan fingerprint density at radius 2 is 1.88 bits per heavy atom. The van der Waals surface area contributed by atoms with Crippen molar-refractivity contribution in [1.29, 1.82) is 5.26 Å². The maximum Gasteiger partial charge on any atom is 0.272 e. The van der Waals surface area contributed by atoms with Crippen molar-refractivity contribution in [3.05, 3.63) is 93.5 Å². The summed E-state index contributed by atoms with van der Waals surface area (Å²) in [5, 5.41) is 16.0. The van der Waals surface area contributed by atoms with E-state index in [-0.39, 0.29) is 11.0 Å². The molecule has 1 aliphatic rings. The van der Waals surface area contributed by atoms with Crippen LogP contribution in [-0.4, -0.2) is 29.9 Å². The second kappa shape index (κ2) is 9.59. The zero-order chi connectivity index (χ0) is 23.5. The van der Waals surface area contributed by atoms with Gasteiger partial charge in [-0.15, -0.1) is 0 Å². The number of hydrogen-bond acceptors (Lipinski definition) is 4. The summed E-state index contributed by atoms with van der Waals surface area (Å²) in [6.45, 7) is 0. The molecule has 0 aliphatic carbocycles. The molecule has 0 saturated carbocycles. The van der Waals surface area contributed by atoms with Gasteiger partial charge in [0.25, 0.3) is 5.91 Å². The van der Waals surface area contributed by atoms with E-state index in [4.69, 9.17) is 45.7 Å². The summed E-state index contributed by atoms with van der Waals surface area (Å²) in [6.07, 6.45) is -0.981. The number of halogens is 2. The molecule has 0 saturated heterocycles. The van der Waals surface area contributed by atoms with Crippen LogP contribution in [0.4, 0.5) is 11.4 Å². The van der Waals surface area contributed by atoms with Crippen LogP contribution in [0.1, 0.15) is 16.7 Å². The highest BCUT2D eigenvalue weighted by Crippen LogP contribution is 2.30. The third-order valence-corrected chi connectivity index (χ3v) is 5.83. The van der Waals surface area contributed by atoms with Gasteiger partial charge in [0.05, 0.1) is 22.0 Å². The average Bonchev–Trinajstić information content (AvgIpc) is 2.90. The summed E-state index contributed by atoms with van der Waals surface area (Å²) in [5.74, 6) is -0.286. The van der Waals surface area contributed by atoms with E-state index in [9.17, 15) is 4.79 Å². The molecule has 0 aromatic heterocycles. The Balaban J connectivity index is 1.68. The lowest BCUT2D eigenvalue weighted by Gasteiger charge is -2.22. The zero-order valence-corrected chi connectivity index (χ0v) is 19.7. The molecule has 4 rings (SSSR count). The molecule has 164 valence electrons. The highest BCUT2D eigenvalue weighted by Gasteiger charge is 2.30. The maximum absolute atomic E-state index is 13.3. The Morgan fingerprint density at radius 3 is 2.58 bits per heavy atom. The zero-order valence-electron chi connectivity index (χ0n) is 17.3. The molecule has 1 atom stereocenters. The van der Waals surface area contributed by atoms with E-state index in [2.05, 4.69) is 10.6 Å². The smallest absolute Gasteiger partial charge is 0.272 e. The van der Waals surface area contributed by atoms with Crippen LogP contribution in [0.5, 0.6) is 0 Å². The fourth-order valence-corrected chi connectivity index (χ4v) is 4.07. The molecule has 1 unspecified atom stereocenters. The number of benzene rings is 3. The lowest BCUT2D eigenvalue weighted by atomic mass is 10.0. The molecule has 9 heteroatoms. The van der Waals surface area contributed by atoms with Gasteiger partial charge in [-0.3, -0.25) is 4.79 Å². The number of nitrogens with zero attached hydrogens (tertiary/aromatic N) is 3. The number of thiocarbonyl (C=S) groups is 1. The van der Waals surface area contributed by atoms with Gasteiger partial charge in [-0.05, 0) is 48.6 Å². The maximum atomic E-state index is 13.3. The minimum Gasteiger partial charge on any atom is -0.333 e. The summed E-state index contributed by atoms with van der Waals surface area (Å²) in [6, 6.07) is 21.8. The number of rotatable bonds is 3. The van der Waals surface area contributed by atoms with Gasteiger partial charge in [0, 0.05) is 28.9 Å². The van der Waals surface area contributed by atoms with Crippen LogP contribution in [-0.2, 0) is 4.79 Å². The Bertz CT molecular complexity index is 1320. The van der Waals surface area contributed by atoms with Crippen molar-refractivity contribution in [1.82, 2.24) is 5.32 Å². The number of carbonyl (C=O) groups excluding carboxylic acids is 1. The molecule has 1 amide bonds. The SMILES string of the molecule is CN1C(=O)C(NC(=S)Nc2ccc(C#N)c(Cl)c2)N=C(c2ccccc2)c2cc(Cl)ccc21. The topological polar surface area (TPSA) is 80.5 Å². The van der Waals surface area contributed by atoms with Gasteiger partial charge in [-0.25, -0.2) is 4.99 Å². The van der Waals surface area contributed by atoms with E-state index < -0.39 is 6.17 Å². The van der Waals surface area contributed by atoms with Crippen LogP contribution in [0.3, 0.4) is 0 Å². The number of benzodiazepines with no additional fused rings is 1. The first-order valence-corrected chi connectivity index (χ1v) is 11.0. The number of hydrogen-bond donors (Lipinski definition) is 2. The molecular weight excluding hydrogens is 477 g/mol. The number of nitriles is 1. The predicted molar refractivity (Wildman–Crippen MR) is 136 cm³/mol. The summed E-state index contributed by atoms with van der Waals surface area (Å²) < 4.78 is 0. The number of nitrogens with one attached hydrogen (secondary N) is 2. The molecule has 1 heterocycles. The van der Waals surface area contributed by atoms with Crippen molar-refractivity contribution in [3.8, 4) is 6.07 Å². The van der Waals surface area contributed by atoms with Crippen LogP contribution in [0.25, 0.3) is 0 Å². The van der Waals surface area contributed by atoms with E-state index in [0.717, 1.165) is 11.1 Å². The molecule has 0 radical (unpaired) electrons. The van der Waals surface area contributed by atoms with E-state index in [1.165, 1.54) is 4.90 Å². The normalized spacial score (nSPS) is 15.1. The van der Waals surface area contributed by atoms with Gasteiger partial charge in [0.1, 0.15) is 6.07 Å². The van der Waals surface area contributed by atoms with Gasteiger partial charge in [0.2, 0.25) is 6.17 Å². The summed E-state index contributed by atoms with van der Waals surface area (Å²) in [7, 11) is 1.68. The molecule has 6 nitrogen and oxygen atoms in total. The van der Waals surface area contributed by atoms with Gasteiger partial charge in [0.15, 0.2) is 5.11 Å². The van der Waals surface area contributed by atoms with E-state index >= 15 is 0 Å². The van der Waals surface area contributed by atoms with Gasteiger partial charge in [-0.1, -0.05) is 53.5 Å². The van der Waals surface area contributed by atoms with Crippen LogP contribution >= 0.6 is 35.4 Å². The van der Waals surface area contributed by atoms with Gasteiger partial charge < -0.3 is 15.5 Å².